The van der Waals surface area contributed by atoms with Gasteiger partial charge in [-0.25, -0.2) is 0 Å². The zero-order valence-corrected chi connectivity index (χ0v) is 21.4. The number of carbonyl (C=O) groups excluding carboxylic acids is 2. The van der Waals surface area contributed by atoms with Crippen LogP contribution in [-0.2, 0) is 9.59 Å². The Morgan fingerprint density at radius 3 is 2.32 bits per heavy atom. The second-order valence-corrected chi connectivity index (χ2v) is 9.54. The van der Waals surface area contributed by atoms with Crippen molar-refractivity contribution >= 4 is 41.8 Å². The molecule has 0 aromatic heterocycles. The van der Waals surface area contributed by atoms with Crippen molar-refractivity contribution in [3.05, 3.63) is 12.2 Å². The number of fused-ring (bicyclic) bond motifs is 5. The van der Waals surface area contributed by atoms with E-state index in [4.69, 9.17) is 4.99 Å². The predicted molar refractivity (Wildman–Crippen MR) is 133 cm³/mol. The number of rotatable bonds is 7. The lowest BCUT2D eigenvalue weighted by atomic mass is 9.85. The van der Waals surface area contributed by atoms with Crippen LogP contribution in [0, 0.1) is 29.6 Å². The van der Waals surface area contributed by atoms with E-state index in [0.717, 1.165) is 44.5 Å². The Kier molecular flexibility index (Phi) is 8.40. The second kappa shape index (κ2) is 10.6. The fraction of sp³-hybridized carbons (Fsp3) is 0.783. The smallest absolute Gasteiger partial charge is 0.233 e. The molecule has 2 heterocycles. The van der Waals surface area contributed by atoms with E-state index in [1.165, 1.54) is 17.7 Å². The van der Waals surface area contributed by atoms with Gasteiger partial charge < -0.3 is 10.6 Å². The van der Waals surface area contributed by atoms with Gasteiger partial charge in [-0.1, -0.05) is 19.1 Å². The molecular formula is C23H38IN5O2. The van der Waals surface area contributed by atoms with E-state index in [0.29, 0.717) is 19.1 Å². The minimum atomic E-state index is -0.109. The molecule has 0 aromatic carbocycles. The maximum Gasteiger partial charge on any atom is 0.233 e. The first-order valence-corrected chi connectivity index (χ1v) is 11.8. The standard InChI is InChI=1S/C23H37N5O2.HI/c1-4-24-23(26-14-16(3)27-10-7-15(2)8-11-27)25-9-12-28-21(29)19-17-5-6-18(13-17)20(19)22(28)30;/h5-6,15-20H,4,7-14H2,1-3H3,(H2,24,25,26);1H. The summed E-state index contributed by atoms with van der Waals surface area (Å²) in [4.78, 5) is 34.3. The first-order valence-electron chi connectivity index (χ1n) is 11.8. The zero-order chi connectivity index (χ0) is 21.3. The number of hydrogen-bond acceptors (Lipinski definition) is 4. The van der Waals surface area contributed by atoms with Gasteiger partial charge in [-0.3, -0.25) is 24.4 Å². The number of carbonyl (C=O) groups is 2. The molecule has 2 aliphatic heterocycles. The molecule has 2 bridgehead atoms. The van der Waals surface area contributed by atoms with Crippen LogP contribution in [0.3, 0.4) is 0 Å². The number of hydrogen-bond donors (Lipinski definition) is 2. The highest BCUT2D eigenvalue weighted by Gasteiger charge is 2.58. The van der Waals surface area contributed by atoms with Crippen LogP contribution in [0.15, 0.2) is 17.1 Å². The number of halogens is 1. The lowest BCUT2D eigenvalue weighted by Crippen LogP contribution is -2.45. The van der Waals surface area contributed by atoms with E-state index >= 15 is 0 Å². The number of nitrogens with one attached hydrogen (secondary N) is 2. The number of allylic oxidation sites excluding steroid dienone is 2. The molecular weight excluding hydrogens is 505 g/mol. The summed E-state index contributed by atoms with van der Waals surface area (Å²) in [6.45, 7) is 11.4. The molecule has 0 radical (unpaired) electrons. The molecule has 31 heavy (non-hydrogen) atoms. The van der Waals surface area contributed by atoms with Gasteiger partial charge in [0.1, 0.15) is 0 Å². The van der Waals surface area contributed by atoms with Crippen LogP contribution >= 0.6 is 24.0 Å². The van der Waals surface area contributed by atoms with Crippen LogP contribution in [0.1, 0.15) is 40.0 Å². The molecule has 0 aromatic rings. The van der Waals surface area contributed by atoms with Crippen molar-refractivity contribution in [1.29, 1.82) is 0 Å². The highest BCUT2D eigenvalue weighted by molar-refractivity contribution is 14.0. The number of aliphatic imine (C=N–C) groups is 1. The zero-order valence-electron chi connectivity index (χ0n) is 19.0. The molecule has 5 unspecified atom stereocenters. The van der Waals surface area contributed by atoms with Crippen LogP contribution in [0.5, 0.6) is 0 Å². The van der Waals surface area contributed by atoms with E-state index in [1.54, 1.807) is 0 Å². The third-order valence-corrected chi connectivity index (χ3v) is 7.49. The van der Waals surface area contributed by atoms with E-state index in [-0.39, 0.29) is 59.5 Å². The van der Waals surface area contributed by atoms with Crippen LogP contribution in [0.4, 0.5) is 0 Å². The third kappa shape index (κ3) is 5.10. The summed E-state index contributed by atoms with van der Waals surface area (Å²) in [5.74, 6) is 1.97. The molecule has 4 aliphatic rings. The van der Waals surface area contributed by atoms with Gasteiger partial charge in [-0.05, 0) is 64.0 Å². The summed E-state index contributed by atoms with van der Waals surface area (Å²) in [6.07, 6.45) is 7.79. The topological polar surface area (TPSA) is 77.0 Å². The number of piperidine rings is 1. The van der Waals surface area contributed by atoms with Crippen molar-refractivity contribution < 1.29 is 9.59 Å². The summed E-state index contributed by atoms with van der Waals surface area (Å²) in [5, 5.41) is 6.60. The maximum atomic E-state index is 12.8. The Hall–Kier alpha value is -1.16. The molecule has 174 valence electrons. The molecule has 2 aliphatic carbocycles. The highest BCUT2D eigenvalue weighted by atomic mass is 127. The minimum Gasteiger partial charge on any atom is -0.357 e. The van der Waals surface area contributed by atoms with Crippen molar-refractivity contribution in [2.45, 2.75) is 46.1 Å². The Morgan fingerprint density at radius 1 is 1.13 bits per heavy atom. The van der Waals surface area contributed by atoms with Gasteiger partial charge in [-0.15, -0.1) is 24.0 Å². The first-order chi connectivity index (χ1) is 14.5. The molecule has 3 fully saturated rings. The number of likely N-dealkylation sites (tertiary alicyclic amines) is 2. The fourth-order valence-corrected chi connectivity index (χ4v) is 5.62. The number of nitrogens with zero attached hydrogens (tertiary/aromatic N) is 3. The minimum absolute atomic E-state index is 0. The molecule has 2 N–H and O–H groups in total. The van der Waals surface area contributed by atoms with Gasteiger partial charge in [-0.2, -0.15) is 0 Å². The van der Waals surface area contributed by atoms with Gasteiger partial charge in [0.2, 0.25) is 11.8 Å². The van der Waals surface area contributed by atoms with E-state index in [2.05, 4.69) is 41.5 Å². The van der Waals surface area contributed by atoms with Crippen molar-refractivity contribution in [1.82, 2.24) is 20.4 Å². The van der Waals surface area contributed by atoms with E-state index < -0.39 is 0 Å². The quantitative estimate of drug-likeness (QED) is 0.169. The van der Waals surface area contributed by atoms with Crippen LogP contribution in [0.25, 0.3) is 0 Å². The summed E-state index contributed by atoms with van der Waals surface area (Å²) >= 11 is 0. The number of guanidine groups is 1. The first kappa shape index (κ1) is 24.5. The van der Waals surface area contributed by atoms with Crippen molar-refractivity contribution in [3.8, 4) is 0 Å². The van der Waals surface area contributed by atoms with Crippen LogP contribution < -0.4 is 10.6 Å². The molecule has 4 rings (SSSR count). The second-order valence-electron chi connectivity index (χ2n) is 9.54. The fourth-order valence-electron chi connectivity index (χ4n) is 5.62. The third-order valence-electron chi connectivity index (χ3n) is 7.49. The molecule has 7 nitrogen and oxygen atoms in total. The van der Waals surface area contributed by atoms with Crippen LogP contribution in [-0.4, -0.2) is 72.9 Å². The Labute approximate surface area is 203 Å². The number of imide groups is 1. The van der Waals surface area contributed by atoms with Gasteiger partial charge in [0.15, 0.2) is 5.96 Å². The largest absolute Gasteiger partial charge is 0.357 e. The van der Waals surface area contributed by atoms with E-state index in [1.807, 2.05) is 6.92 Å². The Morgan fingerprint density at radius 2 is 1.74 bits per heavy atom. The number of amides is 2. The average Bonchev–Trinajstić information content (AvgIpc) is 3.42. The average molecular weight is 543 g/mol. The highest BCUT2D eigenvalue weighted by Crippen LogP contribution is 2.52. The summed E-state index contributed by atoms with van der Waals surface area (Å²) in [5.41, 5.74) is 0. The lowest BCUT2D eigenvalue weighted by molar-refractivity contribution is -0.140. The SMILES string of the molecule is CCNC(=NCC(C)N1CCC(C)CC1)NCCN1C(=O)C2C3C=CC(C3)C2C1=O.I. The lowest BCUT2D eigenvalue weighted by Gasteiger charge is -2.34. The molecule has 2 saturated heterocycles. The Bertz CT molecular complexity index is 689. The normalized spacial score (nSPS) is 31.7. The summed E-state index contributed by atoms with van der Waals surface area (Å²) in [6, 6.07) is 0.414. The van der Waals surface area contributed by atoms with Crippen molar-refractivity contribution in [2.75, 3.05) is 39.3 Å². The molecule has 1 saturated carbocycles. The van der Waals surface area contributed by atoms with Gasteiger partial charge in [0.05, 0.1) is 18.4 Å². The van der Waals surface area contributed by atoms with Gasteiger partial charge >= 0.3 is 0 Å². The molecule has 2 amide bonds. The van der Waals surface area contributed by atoms with Gasteiger partial charge in [0.25, 0.3) is 0 Å². The summed E-state index contributed by atoms with van der Waals surface area (Å²) in [7, 11) is 0. The molecule has 8 heteroatoms. The van der Waals surface area contributed by atoms with Crippen molar-refractivity contribution in [3.63, 3.8) is 0 Å². The van der Waals surface area contributed by atoms with E-state index in [9.17, 15) is 9.59 Å². The monoisotopic (exact) mass is 543 g/mol. The van der Waals surface area contributed by atoms with Crippen LogP contribution in [0.2, 0.25) is 0 Å². The maximum absolute atomic E-state index is 12.8. The van der Waals surface area contributed by atoms with Gasteiger partial charge in [0, 0.05) is 25.7 Å². The summed E-state index contributed by atoms with van der Waals surface area (Å²) < 4.78 is 0. The Balaban J connectivity index is 0.00000272. The van der Waals surface area contributed by atoms with Crippen molar-refractivity contribution in [2.24, 2.45) is 34.6 Å². The molecule has 5 atom stereocenters. The predicted octanol–water partition coefficient (Wildman–Crippen LogP) is 2.09. The molecule has 0 spiro atoms.